The van der Waals surface area contributed by atoms with E-state index in [0.717, 1.165) is 26.3 Å². The van der Waals surface area contributed by atoms with Crippen molar-refractivity contribution in [2.24, 2.45) is 5.41 Å². The smallest absolute Gasteiger partial charge is 0.137 e. The van der Waals surface area contributed by atoms with Gasteiger partial charge in [-0.2, -0.15) is 0 Å². The van der Waals surface area contributed by atoms with Gasteiger partial charge in [-0.3, -0.25) is 9.80 Å². The minimum atomic E-state index is -1.09. The second kappa shape index (κ2) is 5.78. The summed E-state index contributed by atoms with van der Waals surface area (Å²) in [7, 11) is 0. The Morgan fingerprint density at radius 1 is 1.10 bits per heavy atom. The Labute approximate surface area is 129 Å². The lowest BCUT2D eigenvalue weighted by Crippen LogP contribution is -2.50. The number of likely N-dealkylation sites (tertiary alicyclic amines) is 1. The van der Waals surface area contributed by atoms with Gasteiger partial charge in [0.15, 0.2) is 0 Å². The maximum atomic E-state index is 15.5. The highest BCUT2D eigenvalue weighted by molar-refractivity contribution is 5.05. The van der Waals surface area contributed by atoms with E-state index in [1.165, 1.54) is 0 Å². The molecule has 2 rings (SSSR count). The summed E-state index contributed by atoms with van der Waals surface area (Å²) in [5, 5.41) is 0. The molecule has 0 aromatic heterocycles. The monoisotopic (exact) mass is 300 g/mol. The van der Waals surface area contributed by atoms with Gasteiger partial charge in [0.05, 0.1) is 13.2 Å². The molecule has 1 unspecified atom stereocenters. The predicted octanol–water partition coefficient (Wildman–Crippen LogP) is 2.95. The Hall–Kier alpha value is -0.190. The van der Waals surface area contributed by atoms with Crippen LogP contribution in [0.3, 0.4) is 0 Å². The molecule has 0 amide bonds. The molecule has 0 aliphatic carbocycles. The summed E-state index contributed by atoms with van der Waals surface area (Å²) in [5.41, 5.74) is -0.981. The van der Waals surface area contributed by atoms with Crippen LogP contribution in [0.4, 0.5) is 4.39 Å². The Kier molecular flexibility index (Phi) is 4.73. The Bertz CT molecular complexity index is 331. The fraction of sp³-hybridized carbons (Fsp3) is 1.00. The molecule has 4 heteroatoms. The highest BCUT2D eigenvalue weighted by Gasteiger charge is 2.51. The first kappa shape index (κ1) is 17.2. The second-order valence-electron chi connectivity index (χ2n) is 8.92. The van der Waals surface area contributed by atoms with E-state index in [2.05, 4.69) is 51.3 Å². The molecule has 0 saturated carbocycles. The molecule has 2 aliphatic heterocycles. The van der Waals surface area contributed by atoms with Crippen LogP contribution in [-0.2, 0) is 4.74 Å². The number of alkyl halides is 1. The van der Waals surface area contributed by atoms with Crippen molar-refractivity contribution >= 4 is 0 Å². The molecule has 2 heterocycles. The lowest BCUT2D eigenvalue weighted by atomic mass is 9.82. The van der Waals surface area contributed by atoms with Gasteiger partial charge >= 0.3 is 0 Å². The number of morpholine rings is 1. The molecule has 0 spiro atoms. The van der Waals surface area contributed by atoms with Gasteiger partial charge in [-0.25, -0.2) is 4.39 Å². The number of ether oxygens (including phenoxy) is 1. The molecule has 2 atom stereocenters. The second-order valence-corrected chi connectivity index (χ2v) is 8.92. The first-order chi connectivity index (χ1) is 9.51. The minimum Gasteiger partial charge on any atom is -0.379 e. The molecule has 2 aliphatic rings. The Morgan fingerprint density at radius 3 is 2.10 bits per heavy atom. The summed E-state index contributed by atoms with van der Waals surface area (Å²) >= 11 is 0. The number of nitrogens with zero attached hydrogens (tertiary/aromatic N) is 2. The van der Waals surface area contributed by atoms with E-state index in [4.69, 9.17) is 4.74 Å². The van der Waals surface area contributed by atoms with Crippen molar-refractivity contribution in [1.29, 1.82) is 0 Å². The van der Waals surface area contributed by atoms with Gasteiger partial charge in [0, 0.05) is 37.8 Å². The number of halogens is 1. The van der Waals surface area contributed by atoms with Crippen LogP contribution in [0.15, 0.2) is 0 Å². The fourth-order valence-corrected chi connectivity index (χ4v) is 3.69. The topological polar surface area (TPSA) is 15.7 Å². The van der Waals surface area contributed by atoms with Gasteiger partial charge in [-0.15, -0.1) is 0 Å². The van der Waals surface area contributed by atoms with Crippen molar-refractivity contribution in [3.05, 3.63) is 0 Å². The van der Waals surface area contributed by atoms with Crippen LogP contribution < -0.4 is 0 Å². The van der Waals surface area contributed by atoms with Crippen LogP contribution in [-0.4, -0.2) is 66.4 Å². The third-order valence-corrected chi connectivity index (χ3v) is 4.86. The summed E-state index contributed by atoms with van der Waals surface area (Å²) in [6.45, 7) is 17.6. The average molecular weight is 300 g/mol. The maximum absolute atomic E-state index is 15.5. The van der Waals surface area contributed by atoms with Crippen LogP contribution in [0.5, 0.6) is 0 Å². The number of hydrogen-bond acceptors (Lipinski definition) is 3. The zero-order valence-electron chi connectivity index (χ0n) is 14.7. The molecule has 0 aromatic carbocycles. The van der Waals surface area contributed by atoms with Crippen molar-refractivity contribution < 1.29 is 9.13 Å². The lowest BCUT2D eigenvalue weighted by Gasteiger charge is -2.42. The SMILES string of the molecule is CC(C)(C)[C@@H]1CC(F)(CN2CCOCC2)CN1C(C)(C)C. The zero-order chi connectivity index (χ0) is 15.9. The molecular formula is C17H33FN2O. The highest BCUT2D eigenvalue weighted by atomic mass is 19.1. The Balaban J connectivity index is 2.11. The molecule has 124 valence electrons. The van der Waals surface area contributed by atoms with Crippen LogP contribution in [0.25, 0.3) is 0 Å². The van der Waals surface area contributed by atoms with Crippen molar-refractivity contribution in [3.8, 4) is 0 Å². The molecule has 0 bridgehead atoms. The summed E-state index contributed by atoms with van der Waals surface area (Å²) in [4.78, 5) is 4.61. The quantitative estimate of drug-likeness (QED) is 0.780. The summed E-state index contributed by atoms with van der Waals surface area (Å²) in [6, 6.07) is 0.295. The van der Waals surface area contributed by atoms with Crippen LogP contribution in [0.2, 0.25) is 0 Å². The van der Waals surface area contributed by atoms with Gasteiger partial charge in [0.2, 0.25) is 0 Å². The van der Waals surface area contributed by atoms with Crippen LogP contribution in [0.1, 0.15) is 48.0 Å². The van der Waals surface area contributed by atoms with E-state index in [0.29, 0.717) is 25.6 Å². The van der Waals surface area contributed by atoms with E-state index in [1.54, 1.807) is 0 Å². The molecule has 3 nitrogen and oxygen atoms in total. The Morgan fingerprint density at radius 2 is 1.67 bits per heavy atom. The number of rotatable bonds is 2. The number of hydrogen-bond donors (Lipinski definition) is 0. The molecular weight excluding hydrogens is 267 g/mol. The molecule has 2 fully saturated rings. The summed E-state index contributed by atoms with van der Waals surface area (Å²) in [6.07, 6.45) is 0.644. The first-order valence-corrected chi connectivity index (χ1v) is 8.27. The standard InChI is InChI=1S/C17H33FN2O/c1-15(2,3)14-11-17(18,13-20(14)16(4,5)6)12-19-7-9-21-10-8-19/h14H,7-13H2,1-6H3/t14-,17?/m0/s1. The lowest BCUT2D eigenvalue weighted by molar-refractivity contribution is 0.00461. The van der Waals surface area contributed by atoms with Crippen molar-refractivity contribution in [1.82, 2.24) is 9.80 Å². The van der Waals surface area contributed by atoms with Gasteiger partial charge in [0.1, 0.15) is 5.67 Å². The largest absolute Gasteiger partial charge is 0.379 e. The molecule has 0 N–H and O–H groups in total. The molecule has 2 saturated heterocycles. The molecule has 0 radical (unpaired) electrons. The highest BCUT2D eigenvalue weighted by Crippen LogP contribution is 2.43. The van der Waals surface area contributed by atoms with Crippen LogP contribution in [0, 0.1) is 5.41 Å². The van der Waals surface area contributed by atoms with Crippen molar-refractivity contribution in [2.75, 3.05) is 39.4 Å². The van der Waals surface area contributed by atoms with Crippen molar-refractivity contribution in [3.63, 3.8) is 0 Å². The average Bonchev–Trinajstić information content (AvgIpc) is 2.68. The third kappa shape index (κ3) is 4.17. The van der Waals surface area contributed by atoms with E-state index < -0.39 is 5.67 Å². The normalized spacial score (nSPS) is 33.6. The van der Waals surface area contributed by atoms with E-state index >= 15 is 4.39 Å². The van der Waals surface area contributed by atoms with Crippen molar-refractivity contribution in [2.45, 2.75) is 65.2 Å². The van der Waals surface area contributed by atoms with Gasteiger partial charge in [0.25, 0.3) is 0 Å². The third-order valence-electron chi connectivity index (χ3n) is 4.86. The molecule has 21 heavy (non-hydrogen) atoms. The summed E-state index contributed by atoms with van der Waals surface area (Å²) in [5.74, 6) is 0. The van der Waals surface area contributed by atoms with Gasteiger partial charge in [-0.05, 0) is 32.6 Å². The van der Waals surface area contributed by atoms with E-state index in [1.807, 2.05) is 0 Å². The van der Waals surface area contributed by atoms with Gasteiger partial charge in [-0.1, -0.05) is 20.8 Å². The minimum absolute atomic E-state index is 0.0107. The fourth-order valence-electron chi connectivity index (χ4n) is 3.69. The molecule has 0 aromatic rings. The summed E-state index contributed by atoms with van der Waals surface area (Å²) < 4.78 is 20.9. The zero-order valence-corrected chi connectivity index (χ0v) is 14.7. The predicted molar refractivity (Wildman–Crippen MR) is 85.4 cm³/mol. The van der Waals surface area contributed by atoms with Gasteiger partial charge < -0.3 is 4.74 Å². The van der Waals surface area contributed by atoms with E-state index in [9.17, 15) is 0 Å². The first-order valence-electron chi connectivity index (χ1n) is 8.27. The maximum Gasteiger partial charge on any atom is 0.137 e. The van der Waals surface area contributed by atoms with E-state index in [-0.39, 0.29) is 11.0 Å². The van der Waals surface area contributed by atoms with Crippen LogP contribution >= 0.6 is 0 Å².